The van der Waals surface area contributed by atoms with Crippen LogP contribution in [0.15, 0.2) is 52.7 Å². The van der Waals surface area contributed by atoms with Crippen LogP contribution in [0, 0.1) is 0 Å². The molecule has 2 aromatic heterocycles. The highest BCUT2D eigenvalue weighted by atomic mass is 32.2. The summed E-state index contributed by atoms with van der Waals surface area (Å²) in [6.07, 6.45) is 0.380. The number of hydrogen-bond donors (Lipinski definition) is 1. The molecule has 112 valence electrons. The van der Waals surface area contributed by atoms with Crippen LogP contribution < -0.4 is 5.32 Å². The van der Waals surface area contributed by atoms with Gasteiger partial charge in [0.15, 0.2) is 0 Å². The van der Waals surface area contributed by atoms with Crippen molar-refractivity contribution in [3.8, 4) is 0 Å². The van der Waals surface area contributed by atoms with Crippen molar-refractivity contribution in [1.29, 1.82) is 0 Å². The average Bonchev–Trinajstić information content (AvgIpc) is 3.18. The van der Waals surface area contributed by atoms with E-state index in [1.54, 1.807) is 23.1 Å². The third-order valence-electron chi connectivity index (χ3n) is 2.73. The van der Waals surface area contributed by atoms with E-state index < -0.39 is 0 Å². The van der Waals surface area contributed by atoms with Gasteiger partial charge in [0.05, 0.1) is 12.2 Å². The second kappa shape index (κ2) is 7.53. The molecule has 0 aliphatic carbocycles. The molecule has 0 bridgehead atoms. The summed E-state index contributed by atoms with van der Waals surface area (Å²) in [6.45, 7) is 0. The maximum atomic E-state index is 11.9. The van der Waals surface area contributed by atoms with Crippen molar-refractivity contribution >= 4 is 45.5 Å². The molecule has 4 nitrogen and oxygen atoms in total. The smallest absolute Gasteiger partial charge is 0.231 e. The van der Waals surface area contributed by atoms with E-state index in [0.717, 1.165) is 15.6 Å². The van der Waals surface area contributed by atoms with Gasteiger partial charge in [0.2, 0.25) is 11.0 Å². The zero-order chi connectivity index (χ0) is 15.2. The summed E-state index contributed by atoms with van der Waals surface area (Å²) in [5.41, 5.74) is 0. The molecule has 0 spiro atoms. The lowest BCUT2D eigenvalue weighted by molar-refractivity contribution is -0.115. The van der Waals surface area contributed by atoms with Gasteiger partial charge in [-0.3, -0.25) is 4.79 Å². The lowest BCUT2D eigenvalue weighted by Gasteiger charge is -1.98. The second-order valence-electron chi connectivity index (χ2n) is 4.41. The van der Waals surface area contributed by atoms with E-state index in [9.17, 15) is 4.79 Å². The minimum absolute atomic E-state index is 0.0548. The van der Waals surface area contributed by atoms with Crippen LogP contribution >= 0.6 is 34.4 Å². The highest BCUT2D eigenvalue weighted by Gasteiger charge is 2.09. The van der Waals surface area contributed by atoms with Gasteiger partial charge in [-0.25, -0.2) is 0 Å². The van der Waals surface area contributed by atoms with Crippen LogP contribution in [0.5, 0.6) is 0 Å². The maximum absolute atomic E-state index is 11.9. The zero-order valence-corrected chi connectivity index (χ0v) is 14.0. The minimum atomic E-state index is -0.0548. The Labute approximate surface area is 140 Å². The fourth-order valence-corrected chi connectivity index (χ4v) is 4.12. The molecule has 0 aliphatic heterocycles. The molecule has 3 rings (SSSR count). The van der Waals surface area contributed by atoms with Crippen molar-refractivity contribution in [2.75, 3.05) is 5.32 Å². The van der Waals surface area contributed by atoms with E-state index in [4.69, 9.17) is 0 Å². The Bertz CT molecular complexity index is 726. The molecule has 0 radical (unpaired) electrons. The Balaban J connectivity index is 1.51. The molecule has 0 saturated carbocycles. The third-order valence-corrected chi connectivity index (χ3v) is 5.65. The molecule has 1 amide bonds. The number of anilines is 1. The van der Waals surface area contributed by atoms with E-state index in [0.29, 0.717) is 11.6 Å². The van der Waals surface area contributed by atoms with Crippen molar-refractivity contribution in [3.63, 3.8) is 0 Å². The van der Waals surface area contributed by atoms with Gasteiger partial charge in [-0.2, -0.15) is 0 Å². The molecule has 0 fully saturated rings. The first-order valence-electron chi connectivity index (χ1n) is 6.62. The van der Waals surface area contributed by atoms with Crippen LogP contribution in [0.25, 0.3) is 0 Å². The van der Waals surface area contributed by atoms with Crippen molar-refractivity contribution in [2.24, 2.45) is 0 Å². The van der Waals surface area contributed by atoms with Crippen LogP contribution in [0.4, 0.5) is 5.13 Å². The normalized spacial score (nSPS) is 10.5. The van der Waals surface area contributed by atoms with Crippen LogP contribution in [0.3, 0.4) is 0 Å². The fraction of sp³-hybridized carbons (Fsp3) is 0.133. The molecule has 1 N–H and O–H groups in total. The molecule has 0 atom stereocenters. The van der Waals surface area contributed by atoms with Crippen LogP contribution in [-0.2, 0) is 17.0 Å². The number of amides is 1. The summed E-state index contributed by atoms with van der Waals surface area (Å²) in [6, 6.07) is 14.0. The number of thioether (sulfide) groups is 1. The first kappa shape index (κ1) is 15.2. The van der Waals surface area contributed by atoms with Gasteiger partial charge in [-0.1, -0.05) is 35.6 Å². The van der Waals surface area contributed by atoms with Crippen LogP contribution in [0.1, 0.15) is 9.88 Å². The zero-order valence-electron chi connectivity index (χ0n) is 11.6. The predicted octanol–water partition coefficient (Wildman–Crippen LogP) is 4.07. The van der Waals surface area contributed by atoms with Crippen molar-refractivity contribution in [2.45, 2.75) is 17.1 Å². The van der Waals surface area contributed by atoms with Gasteiger partial charge >= 0.3 is 0 Å². The first-order valence-corrected chi connectivity index (χ1v) is 9.30. The van der Waals surface area contributed by atoms with Gasteiger partial charge in [0, 0.05) is 9.77 Å². The van der Waals surface area contributed by atoms with Gasteiger partial charge in [-0.05, 0) is 23.6 Å². The van der Waals surface area contributed by atoms with E-state index >= 15 is 0 Å². The largest absolute Gasteiger partial charge is 0.300 e. The van der Waals surface area contributed by atoms with Crippen molar-refractivity contribution in [3.05, 3.63) is 57.7 Å². The van der Waals surface area contributed by atoms with Crippen molar-refractivity contribution < 1.29 is 4.79 Å². The molecule has 0 unspecified atom stereocenters. The van der Waals surface area contributed by atoms with Gasteiger partial charge in [0.1, 0.15) is 5.01 Å². The lowest BCUT2D eigenvalue weighted by Crippen LogP contribution is -2.13. The molecule has 3 aromatic rings. The topological polar surface area (TPSA) is 54.9 Å². The first-order chi connectivity index (χ1) is 10.8. The van der Waals surface area contributed by atoms with Gasteiger partial charge < -0.3 is 5.32 Å². The number of nitrogens with zero attached hydrogens (tertiary/aromatic N) is 2. The standard InChI is InChI=1S/C15H13N3OS3/c19-13(9-12-7-4-8-20-12)16-15-18-17-14(22-15)10-21-11-5-2-1-3-6-11/h1-8H,9-10H2,(H,16,18,19). The lowest BCUT2D eigenvalue weighted by atomic mass is 10.3. The summed E-state index contributed by atoms with van der Waals surface area (Å²) in [4.78, 5) is 14.1. The summed E-state index contributed by atoms with van der Waals surface area (Å²) >= 11 is 4.70. The Hall–Kier alpha value is -1.70. The number of aromatic nitrogens is 2. The Kier molecular flexibility index (Phi) is 5.20. The Morgan fingerprint density at radius 1 is 1.14 bits per heavy atom. The average molecular weight is 347 g/mol. The molecule has 0 aliphatic rings. The highest BCUT2D eigenvalue weighted by Crippen LogP contribution is 2.25. The van der Waals surface area contributed by atoms with E-state index in [1.165, 1.54) is 16.2 Å². The van der Waals surface area contributed by atoms with Gasteiger partial charge in [0.25, 0.3) is 0 Å². The minimum Gasteiger partial charge on any atom is -0.300 e. The van der Waals surface area contributed by atoms with Crippen LogP contribution in [0.2, 0.25) is 0 Å². The van der Waals surface area contributed by atoms with Crippen molar-refractivity contribution in [1.82, 2.24) is 10.2 Å². The summed E-state index contributed by atoms with van der Waals surface area (Å²) < 4.78 is 0. The molecule has 2 heterocycles. The molecule has 22 heavy (non-hydrogen) atoms. The monoisotopic (exact) mass is 347 g/mol. The fourth-order valence-electron chi connectivity index (χ4n) is 1.76. The summed E-state index contributed by atoms with van der Waals surface area (Å²) in [7, 11) is 0. The Morgan fingerprint density at radius 2 is 2.00 bits per heavy atom. The second-order valence-corrected chi connectivity index (χ2v) is 7.55. The highest BCUT2D eigenvalue weighted by molar-refractivity contribution is 7.98. The quantitative estimate of drug-likeness (QED) is 0.683. The number of carbonyl (C=O) groups is 1. The van der Waals surface area contributed by atoms with Crippen LogP contribution in [-0.4, -0.2) is 16.1 Å². The number of hydrogen-bond acceptors (Lipinski definition) is 6. The predicted molar refractivity (Wildman–Crippen MR) is 92.6 cm³/mol. The molecular formula is C15H13N3OS3. The maximum Gasteiger partial charge on any atom is 0.231 e. The Morgan fingerprint density at radius 3 is 2.77 bits per heavy atom. The summed E-state index contributed by atoms with van der Waals surface area (Å²) in [5.74, 6) is 0.698. The number of benzene rings is 1. The SMILES string of the molecule is O=C(Cc1cccs1)Nc1nnc(CSc2ccccc2)s1. The number of carbonyl (C=O) groups excluding carboxylic acids is 1. The molecule has 0 saturated heterocycles. The number of thiophene rings is 1. The number of nitrogens with one attached hydrogen (secondary N) is 1. The molecular weight excluding hydrogens is 334 g/mol. The van der Waals surface area contributed by atoms with Gasteiger partial charge in [-0.15, -0.1) is 33.3 Å². The van der Waals surface area contributed by atoms with E-state index in [-0.39, 0.29) is 5.91 Å². The number of rotatable bonds is 6. The molecule has 7 heteroatoms. The summed E-state index contributed by atoms with van der Waals surface area (Å²) in [5, 5.41) is 14.4. The third kappa shape index (κ3) is 4.40. The van der Waals surface area contributed by atoms with E-state index in [1.807, 2.05) is 35.7 Å². The van der Waals surface area contributed by atoms with E-state index in [2.05, 4.69) is 27.6 Å². The molecule has 1 aromatic carbocycles.